The minimum absolute atomic E-state index is 0.153. The van der Waals surface area contributed by atoms with Crippen LogP contribution in [0.25, 0.3) is 0 Å². The Morgan fingerprint density at radius 1 is 1.27 bits per heavy atom. The summed E-state index contributed by atoms with van der Waals surface area (Å²) in [5.74, 6) is -1.20. The van der Waals surface area contributed by atoms with Crippen LogP contribution in [-0.2, 0) is 11.3 Å². The first kappa shape index (κ1) is 18.7. The minimum atomic E-state index is -1.47. The fourth-order valence-electron chi connectivity index (χ4n) is 2.77. The van der Waals surface area contributed by atoms with E-state index in [4.69, 9.17) is 16.3 Å². The van der Waals surface area contributed by atoms with Gasteiger partial charge in [0.25, 0.3) is 5.56 Å². The average Bonchev–Trinajstić information content (AvgIpc) is 2.88. The Morgan fingerprint density at radius 3 is 2.73 bits per heavy atom. The van der Waals surface area contributed by atoms with Gasteiger partial charge >= 0.3 is 5.69 Å². The van der Waals surface area contributed by atoms with Gasteiger partial charge in [-0.1, -0.05) is 29.8 Å². The molecule has 1 aromatic heterocycles. The van der Waals surface area contributed by atoms with Crippen LogP contribution >= 0.6 is 11.6 Å². The van der Waals surface area contributed by atoms with Crippen molar-refractivity contribution in [3.8, 4) is 0 Å². The summed E-state index contributed by atoms with van der Waals surface area (Å²) in [6, 6.07) is 7.22. The van der Waals surface area contributed by atoms with Crippen LogP contribution in [0.15, 0.2) is 40.1 Å². The number of halogens is 2. The Morgan fingerprint density at radius 2 is 2.00 bits per heavy atom. The number of hydrogen-bond donors (Lipinski definition) is 4. The molecular formula is C16H17ClFN3O5. The Hall–Kier alpha value is -2.04. The topological polar surface area (TPSA) is 117 Å². The lowest BCUT2D eigenvalue weighted by Gasteiger charge is -2.17. The van der Waals surface area contributed by atoms with E-state index in [9.17, 15) is 24.2 Å². The minimum Gasteiger partial charge on any atom is -0.387 e. The molecule has 0 spiro atoms. The monoisotopic (exact) mass is 385 g/mol. The van der Waals surface area contributed by atoms with Gasteiger partial charge in [-0.3, -0.25) is 14.3 Å². The molecule has 10 heteroatoms. The van der Waals surface area contributed by atoms with E-state index < -0.39 is 41.6 Å². The summed E-state index contributed by atoms with van der Waals surface area (Å²) in [4.78, 5) is 24.7. The number of aromatic nitrogens is 2. The van der Waals surface area contributed by atoms with Gasteiger partial charge in [0.2, 0.25) is 5.82 Å². The Balaban J connectivity index is 1.68. The quantitative estimate of drug-likeness (QED) is 0.563. The molecule has 2 aromatic rings. The van der Waals surface area contributed by atoms with Crippen molar-refractivity contribution in [2.45, 2.75) is 31.1 Å². The summed E-state index contributed by atoms with van der Waals surface area (Å²) in [7, 11) is 0. The maximum Gasteiger partial charge on any atom is 0.330 e. The zero-order chi connectivity index (χ0) is 18.8. The molecule has 140 valence electrons. The van der Waals surface area contributed by atoms with E-state index in [1.54, 1.807) is 17.1 Å². The second kappa shape index (κ2) is 7.68. The average molecular weight is 386 g/mol. The van der Waals surface area contributed by atoms with Crippen molar-refractivity contribution in [2.75, 3.05) is 6.54 Å². The van der Waals surface area contributed by atoms with E-state index in [1.807, 2.05) is 12.1 Å². The highest BCUT2D eigenvalue weighted by Gasteiger charge is 2.44. The first-order chi connectivity index (χ1) is 12.4. The lowest BCUT2D eigenvalue weighted by Crippen LogP contribution is -2.39. The van der Waals surface area contributed by atoms with Gasteiger partial charge in [-0.25, -0.2) is 4.79 Å². The molecule has 1 saturated heterocycles. The number of hydrogen-bond acceptors (Lipinski definition) is 6. The summed E-state index contributed by atoms with van der Waals surface area (Å²) in [5, 5.41) is 23.9. The Labute approximate surface area is 151 Å². The van der Waals surface area contributed by atoms with Crippen molar-refractivity contribution in [3.05, 3.63) is 67.7 Å². The maximum atomic E-state index is 13.4. The molecule has 26 heavy (non-hydrogen) atoms. The molecule has 0 radical (unpaired) electrons. The second-order valence-corrected chi connectivity index (χ2v) is 6.32. The summed E-state index contributed by atoms with van der Waals surface area (Å²) in [6.45, 7) is 0.556. The highest BCUT2D eigenvalue weighted by Crippen LogP contribution is 2.28. The summed E-state index contributed by atoms with van der Waals surface area (Å²) >= 11 is 6.06. The molecular weight excluding hydrogens is 369 g/mol. The second-order valence-electron chi connectivity index (χ2n) is 5.91. The van der Waals surface area contributed by atoms with Gasteiger partial charge in [0.15, 0.2) is 6.23 Å². The van der Waals surface area contributed by atoms with Gasteiger partial charge in [0, 0.05) is 18.1 Å². The highest BCUT2D eigenvalue weighted by molar-refractivity contribution is 6.31. The number of rotatable bonds is 5. The standard InChI is InChI=1S/C16H17ClFN3O5/c17-9-4-2-1-3-8(9)5-19-6-11-12(22)13(23)15(26-11)21-7-10(18)14(24)20-16(21)25/h1-4,7,11-13,15,19,22-23H,5-6H2,(H,20,24,25)/t11-,12-,13-,15-/m1/s1. The van der Waals surface area contributed by atoms with E-state index in [-0.39, 0.29) is 6.54 Å². The number of ether oxygens (including phenoxy) is 1. The van der Waals surface area contributed by atoms with E-state index in [1.165, 1.54) is 0 Å². The molecule has 3 rings (SSSR count). The van der Waals surface area contributed by atoms with Crippen molar-refractivity contribution >= 4 is 11.6 Å². The third-order valence-corrected chi connectivity index (χ3v) is 4.52. The van der Waals surface area contributed by atoms with Gasteiger partial charge in [-0.05, 0) is 11.6 Å². The van der Waals surface area contributed by atoms with Crippen LogP contribution in [0.3, 0.4) is 0 Å². The summed E-state index contributed by atoms with van der Waals surface area (Å²) in [6.07, 6.45) is -4.30. The van der Waals surface area contributed by atoms with Crippen LogP contribution in [-0.4, -0.2) is 44.6 Å². The predicted octanol–water partition coefficient (Wildman–Crippen LogP) is -0.262. The molecule has 0 unspecified atom stereocenters. The number of benzene rings is 1. The van der Waals surface area contributed by atoms with Gasteiger partial charge in [-0.2, -0.15) is 4.39 Å². The van der Waals surface area contributed by atoms with E-state index in [0.717, 1.165) is 5.56 Å². The van der Waals surface area contributed by atoms with E-state index >= 15 is 0 Å². The lowest BCUT2D eigenvalue weighted by atomic mass is 10.1. The molecule has 2 heterocycles. The third-order valence-electron chi connectivity index (χ3n) is 4.15. The fraction of sp³-hybridized carbons (Fsp3) is 0.375. The molecule has 1 aliphatic rings. The molecule has 0 aliphatic carbocycles. The van der Waals surface area contributed by atoms with Gasteiger partial charge in [-0.15, -0.1) is 0 Å². The molecule has 4 N–H and O–H groups in total. The molecule has 0 bridgehead atoms. The summed E-state index contributed by atoms with van der Waals surface area (Å²) < 4.78 is 19.6. The van der Waals surface area contributed by atoms with Crippen molar-refractivity contribution in [1.82, 2.24) is 14.9 Å². The van der Waals surface area contributed by atoms with Crippen LogP contribution in [0.1, 0.15) is 11.8 Å². The van der Waals surface area contributed by atoms with Crippen LogP contribution in [0.5, 0.6) is 0 Å². The molecule has 1 aromatic carbocycles. The fourth-order valence-corrected chi connectivity index (χ4v) is 2.97. The zero-order valence-corrected chi connectivity index (χ0v) is 14.2. The van der Waals surface area contributed by atoms with E-state index in [2.05, 4.69) is 5.32 Å². The van der Waals surface area contributed by atoms with E-state index in [0.29, 0.717) is 22.3 Å². The molecule has 1 fully saturated rings. The van der Waals surface area contributed by atoms with Gasteiger partial charge in [0.05, 0.1) is 6.20 Å². The van der Waals surface area contributed by atoms with Crippen molar-refractivity contribution < 1.29 is 19.3 Å². The largest absolute Gasteiger partial charge is 0.387 e. The van der Waals surface area contributed by atoms with Crippen molar-refractivity contribution in [3.63, 3.8) is 0 Å². The number of H-pyrrole nitrogens is 1. The molecule has 4 atom stereocenters. The number of aliphatic hydroxyl groups is 2. The normalized spacial score (nSPS) is 25.5. The van der Waals surface area contributed by atoms with Crippen LogP contribution in [0.2, 0.25) is 5.02 Å². The van der Waals surface area contributed by atoms with Crippen LogP contribution in [0.4, 0.5) is 4.39 Å². The molecule has 0 saturated carbocycles. The molecule has 1 aliphatic heterocycles. The van der Waals surface area contributed by atoms with Crippen molar-refractivity contribution in [2.24, 2.45) is 0 Å². The van der Waals surface area contributed by atoms with Crippen LogP contribution in [0, 0.1) is 5.82 Å². The number of aliphatic hydroxyl groups excluding tert-OH is 2. The smallest absolute Gasteiger partial charge is 0.330 e. The Kier molecular flexibility index (Phi) is 5.54. The Bertz CT molecular complexity index is 902. The summed E-state index contributed by atoms with van der Waals surface area (Å²) in [5.41, 5.74) is -1.27. The third kappa shape index (κ3) is 3.71. The number of nitrogens with one attached hydrogen (secondary N) is 2. The SMILES string of the molecule is O=c1[nH]c(=O)n([C@@H]2O[C@H](CNCc3ccccc3Cl)[C@@H](O)[C@H]2O)cc1F. The molecule has 8 nitrogen and oxygen atoms in total. The first-order valence-electron chi connectivity index (χ1n) is 7.85. The first-order valence-corrected chi connectivity index (χ1v) is 8.23. The zero-order valence-electron chi connectivity index (χ0n) is 13.4. The lowest BCUT2D eigenvalue weighted by molar-refractivity contribution is -0.0397. The molecule has 0 amide bonds. The number of aromatic amines is 1. The predicted molar refractivity (Wildman–Crippen MR) is 90.4 cm³/mol. The van der Waals surface area contributed by atoms with Crippen molar-refractivity contribution in [1.29, 1.82) is 0 Å². The maximum absolute atomic E-state index is 13.4. The van der Waals surface area contributed by atoms with Gasteiger partial charge < -0.3 is 20.3 Å². The van der Waals surface area contributed by atoms with Gasteiger partial charge in [0.1, 0.15) is 18.3 Å². The highest BCUT2D eigenvalue weighted by atomic mass is 35.5. The number of nitrogens with zero attached hydrogens (tertiary/aromatic N) is 1. The van der Waals surface area contributed by atoms with Crippen LogP contribution < -0.4 is 16.6 Å².